The number of hydrogen-bond donors (Lipinski definition) is 4. The molecule has 4 aliphatic heterocycles. The number of pyridine rings is 3. The van der Waals surface area contributed by atoms with Crippen molar-refractivity contribution in [2.24, 2.45) is 12.5 Å². The van der Waals surface area contributed by atoms with Crippen molar-refractivity contribution in [3.05, 3.63) is 111 Å². The number of rotatable bonds is 12. The number of aliphatic hydroxyl groups excluding tert-OH is 1. The molecule has 1 aliphatic carbocycles. The van der Waals surface area contributed by atoms with E-state index in [4.69, 9.17) is 0 Å². The predicted octanol–water partition coefficient (Wildman–Crippen LogP) is 4.00. The number of amides is 6. The molecular formula is C51H55N11O8. The van der Waals surface area contributed by atoms with Crippen LogP contribution in [0, 0.1) is 5.41 Å². The number of aryl methyl sites for hydroxylation is 1. The molecule has 4 N–H and O–H groups in total. The minimum absolute atomic E-state index is 0.0000372. The van der Waals surface area contributed by atoms with E-state index in [1.54, 1.807) is 66.9 Å². The highest BCUT2D eigenvalue weighted by molar-refractivity contribution is 6.25. The Labute approximate surface area is 403 Å². The molecule has 0 spiro atoms. The van der Waals surface area contributed by atoms with E-state index in [1.165, 1.54) is 15.8 Å². The van der Waals surface area contributed by atoms with E-state index in [2.05, 4.69) is 49.2 Å². The smallest absolute Gasteiger partial charge is 0.276 e. The van der Waals surface area contributed by atoms with Crippen LogP contribution >= 0.6 is 0 Å². The molecule has 2 fully saturated rings. The Hall–Kier alpha value is -7.67. The van der Waals surface area contributed by atoms with E-state index in [-0.39, 0.29) is 71.5 Å². The molecule has 0 radical (unpaired) electrons. The number of carbonyl (C=O) groups is 6. The number of nitrogens with zero attached hydrogens (tertiary/aromatic N) is 8. The zero-order chi connectivity index (χ0) is 49.2. The summed E-state index contributed by atoms with van der Waals surface area (Å²) in [6.45, 7) is 9.16. The molecule has 8 heterocycles. The summed E-state index contributed by atoms with van der Waals surface area (Å²) < 4.78 is 3.61. The highest BCUT2D eigenvalue weighted by Gasteiger charge is 2.46. The third kappa shape index (κ3) is 8.26. The summed E-state index contributed by atoms with van der Waals surface area (Å²) in [4.78, 5) is 108. The number of piperazine rings is 1. The quantitative estimate of drug-likeness (QED) is 0.103. The number of hydrogen-bond acceptors (Lipinski definition) is 13. The zero-order valence-electron chi connectivity index (χ0n) is 39.6. The van der Waals surface area contributed by atoms with Crippen molar-refractivity contribution in [2.75, 3.05) is 53.2 Å². The van der Waals surface area contributed by atoms with Crippen molar-refractivity contribution in [1.29, 1.82) is 0 Å². The normalized spacial score (nSPS) is 19.6. The van der Waals surface area contributed by atoms with Gasteiger partial charge in [-0.2, -0.15) is 0 Å². The topological polar surface area (TPSA) is 224 Å². The maximum atomic E-state index is 14.0. The lowest BCUT2D eigenvalue weighted by molar-refractivity contribution is -0.136. The Morgan fingerprint density at radius 1 is 0.914 bits per heavy atom. The second kappa shape index (κ2) is 18.0. The van der Waals surface area contributed by atoms with Crippen LogP contribution in [0.4, 0.5) is 28.7 Å². The Bertz CT molecular complexity index is 3070. The van der Waals surface area contributed by atoms with Gasteiger partial charge < -0.3 is 34.7 Å². The van der Waals surface area contributed by atoms with Gasteiger partial charge in [0.15, 0.2) is 0 Å². The average molecular weight is 950 g/mol. The van der Waals surface area contributed by atoms with Crippen LogP contribution < -0.4 is 31.3 Å². The first-order valence-electron chi connectivity index (χ1n) is 23.8. The van der Waals surface area contributed by atoms with Gasteiger partial charge in [0.2, 0.25) is 17.7 Å². The summed E-state index contributed by atoms with van der Waals surface area (Å²) in [5.74, 6) is -1.59. The Kier molecular flexibility index (Phi) is 11.9. The fraction of sp³-hybridized carbons (Fsp3) is 0.392. The van der Waals surface area contributed by atoms with Crippen molar-refractivity contribution in [2.45, 2.75) is 84.5 Å². The monoisotopic (exact) mass is 949 g/mol. The second-order valence-electron chi connectivity index (χ2n) is 19.6. The molecule has 0 bridgehead atoms. The summed E-state index contributed by atoms with van der Waals surface area (Å²) in [7, 11) is 1.66. The number of carbonyl (C=O) groups excluding carboxylic acids is 6. The van der Waals surface area contributed by atoms with E-state index in [1.807, 2.05) is 24.0 Å². The van der Waals surface area contributed by atoms with Gasteiger partial charge >= 0.3 is 0 Å². The number of piperidine rings is 1. The maximum Gasteiger partial charge on any atom is 0.276 e. The van der Waals surface area contributed by atoms with Crippen LogP contribution in [0.2, 0.25) is 0 Å². The molecule has 2 saturated heterocycles. The summed E-state index contributed by atoms with van der Waals surface area (Å²) in [5, 5.41) is 19.4. The molecule has 1 aromatic carbocycles. The van der Waals surface area contributed by atoms with Crippen molar-refractivity contribution in [3.8, 4) is 11.1 Å². The fourth-order valence-corrected chi connectivity index (χ4v) is 10.8. The third-order valence-corrected chi connectivity index (χ3v) is 14.2. The van der Waals surface area contributed by atoms with Gasteiger partial charge in [0.1, 0.15) is 29.1 Å². The van der Waals surface area contributed by atoms with Gasteiger partial charge in [-0.1, -0.05) is 19.9 Å². The van der Waals surface area contributed by atoms with Crippen LogP contribution in [0.25, 0.3) is 11.1 Å². The first-order chi connectivity index (χ1) is 33.6. The van der Waals surface area contributed by atoms with Crippen LogP contribution in [0.5, 0.6) is 0 Å². The summed E-state index contributed by atoms with van der Waals surface area (Å²) >= 11 is 0. The van der Waals surface area contributed by atoms with Crippen molar-refractivity contribution >= 4 is 64.1 Å². The van der Waals surface area contributed by atoms with E-state index >= 15 is 0 Å². The standard InChI is InChI=1S/C51H55N11O8/c1-29-26-58(43(65)9-6-15-52-36-8-5-7-34-44(36)50(70)62(47(34)67)38-11-13-42(64)56-46(38)66)17-18-59(29)32-10-12-41(54-25-32)55-37-21-31(27-57(4)48(37)68)33-14-16-53-45(35(33)28-63)61-20-19-60-39(49(61)69)22-30-23-51(2,3)24-40(30)60/h5,7-8,10,12,14,16,21-22,25,27,29,38,52,63H,6,9,11,13,15,17-20,23-24,26,28H2,1-4H3,(H,54,55)(H,56,64,66). The van der Waals surface area contributed by atoms with Crippen LogP contribution in [0.15, 0.2) is 71.9 Å². The maximum absolute atomic E-state index is 14.0. The second-order valence-corrected chi connectivity index (χ2v) is 19.6. The molecule has 5 aromatic rings. The molecule has 0 saturated carbocycles. The SMILES string of the molecule is CC1CN(C(=O)CCCNc2cccc3c2C(=O)N(C2CCC(=O)NC2=O)C3=O)CCN1c1ccc(Nc2cc(-c3ccnc(N4CCn5c(cc6c5CC(C)(C)C6)C4=O)c3CO)cn(C)c2=O)nc1. The molecule has 4 aromatic heterocycles. The van der Waals surface area contributed by atoms with Gasteiger partial charge in [-0.05, 0) is 91.6 Å². The van der Waals surface area contributed by atoms with E-state index in [0.717, 1.165) is 23.4 Å². The highest BCUT2D eigenvalue weighted by Crippen LogP contribution is 2.40. The number of imide groups is 2. The number of benzene rings is 1. The van der Waals surface area contributed by atoms with Crippen LogP contribution in [-0.2, 0) is 47.4 Å². The van der Waals surface area contributed by atoms with E-state index in [9.17, 15) is 38.7 Å². The lowest BCUT2D eigenvalue weighted by Gasteiger charge is -2.41. The summed E-state index contributed by atoms with van der Waals surface area (Å²) in [5.41, 5.74) is 6.68. The summed E-state index contributed by atoms with van der Waals surface area (Å²) in [6, 6.07) is 13.0. The Balaban J connectivity index is 0.747. The number of anilines is 5. The molecule has 6 amide bonds. The molecule has 10 rings (SSSR count). The molecule has 19 nitrogen and oxygen atoms in total. The van der Waals surface area contributed by atoms with Gasteiger partial charge in [0, 0.05) is 100 Å². The van der Waals surface area contributed by atoms with Crippen LogP contribution in [0.3, 0.4) is 0 Å². The number of aromatic nitrogens is 4. The average Bonchev–Trinajstić information content (AvgIpc) is 3.93. The predicted molar refractivity (Wildman–Crippen MR) is 260 cm³/mol. The zero-order valence-corrected chi connectivity index (χ0v) is 39.6. The fourth-order valence-electron chi connectivity index (χ4n) is 10.8. The number of nitrogens with one attached hydrogen (secondary N) is 3. The van der Waals surface area contributed by atoms with Gasteiger partial charge in [0.25, 0.3) is 23.3 Å². The van der Waals surface area contributed by atoms with E-state index in [0.29, 0.717) is 85.4 Å². The van der Waals surface area contributed by atoms with Crippen LogP contribution in [0.1, 0.15) is 94.5 Å². The third-order valence-electron chi connectivity index (χ3n) is 14.2. The molecule has 2 atom stereocenters. The summed E-state index contributed by atoms with van der Waals surface area (Å²) in [6.07, 6.45) is 7.75. The van der Waals surface area contributed by atoms with Crippen LogP contribution in [-0.4, -0.2) is 114 Å². The molecule has 19 heteroatoms. The lowest BCUT2D eigenvalue weighted by atomic mass is 9.90. The van der Waals surface area contributed by atoms with Crippen molar-refractivity contribution in [1.82, 2.24) is 34.2 Å². The van der Waals surface area contributed by atoms with E-state index < -0.39 is 29.7 Å². The van der Waals surface area contributed by atoms with Crippen molar-refractivity contribution in [3.63, 3.8) is 0 Å². The molecule has 2 unspecified atom stereocenters. The molecule has 362 valence electrons. The molecular weight excluding hydrogens is 895 g/mol. The molecule has 5 aliphatic rings. The number of aliphatic hydroxyl groups is 1. The lowest BCUT2D eigenvalue weighted by Crippen LogP contribution is -2.54. The number of fused-ring (bicyclic) bond motifs is 4. The molecule has 70 heavy (non-hydrogen) atoms. The van der Waals surface area contributed by atoms with Gasteiger partial charge in [-0.25, -0.2) is 9.97 Å². The van der Waals surface area contributed by atoms with Gasteiger partial charge in [-0.15, -0.1) is 0 Å². The minimum Gasteiger partial charge on any atom is -0.392 e. The largest absolute Gasteiger partial charge is 0.392 e. The highest BCUT2D eigenvalue weighted by atomic mass is 16.3. The van der Waals surface area contributed by atoms with Crippen molar-refractivity contribution < 1.29 is 33.9 Å². The van der Waals surface area contributed by atoms with Gasteiger partial charge in [0.05, 0.1) is 29.6 Å². The minimum atomic E-state index is -1.06. The first kappa shape index (κ1) is 46.1. The van der Waals surface area contributed by atoms with Gasteiger partial charge in [-0.3, -0.25) is 48.7 Å². The Morgan fingerprint density at radius 2 is 1.74 bits per heavy atom. The first-order valence-corrected chi connectivity index (χ1v) is 23.8. The Morgan fingerprint density at radius 3 is 2.50 bits per heavy atom.